The molecular weight excluding hydrogens is 328 g/mol. The minimum atomic E-state index is -0.943. The minimum Gasteiger partial charge on any atom is -0.611 e. The normalized spacial score (nSPS) is 17.5. The van der Waals surface area contributed by atoms with Crippen molar-refractivity contribution < 1.29 is 4.55 Å². The second-order valence-electron chi connectivity index (χ2n) is 5.75. The average Bonchev–Trinajstić information content (AvgIpc) is 2.66. The molecule has 5 heteroatoms. The molecule has 2 heterocycles. The third kappa shape index (κ3) is 3.96. The zero-order valence-corrected chi connectivity index (χ0v) is 15.0. The van der Waals surface area contributed by atoms with Crippen molar-refractivity contribution in [1.29, 1.82) is 0 Å². The van der Waals surface area contributed by atoms with Crippen molar-refractivity contribution in [3.05, 3.63) is 65.5 Å². The number of likely N-dealkylation sites (N-methyl/N-ethyl adjacent to an activating group) is 1. The maximum absolute atomic E-state index is 12.6. The smallest absolute Gasteiger partial charge is 0.160 e. The van der Waals surface area contributed by atoms with Crippen LogP contribution in [-0.4, -0.2) is 40.8 Å². The number of aromatic nitrogens is 1. The number of nitrogens with zero attached hydrogens (tertiary/aromatic N) is 2. The summed E-state index contributed by atoms with van der Waals surface area (Å²) in [4.78, 5) is 7.38. The maximum Gasteiger partial charge on any atom is 0.160 e. The zero-order valence-electron chi connectivity index (χ0n) is 13.4. The Morgan fingerprint density at radius 3 is 2.65 bits per heavy atom. The van der Waals surface area contributed by atoms with Crippen molar-refractivity contribution >= 4 is 29.2 Å². The first-order valence-corrected chi connectivity index (χ1v) is 8.73. The molecule has 0 saturated carbocycles. The second kappa shape index (κ2) is 7.97. The lowest BCUT2D eigenvalue weighted by Gasteiger charge is -2.17. The van der Waals surface area contributed by atoms with Crippen LogP contribution in [0.3, 0.4) is 0 Å². The molecule has 0 bridgehead atoms. The number of hydrogen-bond donors (Lipinski definition) is 0. The highest BCUT2D eigenvalue weighted by molar-refractivity contribution is 7.91. The topological polar surface area (TPSA) is 39.2 Å². The van der Waals surface area contributed by atoms with Gasteiger partial charge in [-0.1, -0.05) is 18.2 Å². The Morgan fingerprint density at radius 1 is 1.17 bits per heavy atom. The minimum absolute atomic E-state index is 0. The SMILES string of the molecule is CN(C)CC1=C(c2cccnc2)c2ccccc2[S+]([O-])CC1.Cl. The molecule has 1 aromatic carbocycles. The largest absolute Gasteiger partial charge is 0.611 e. The van der Waals surface area contributed by atoms with Crippen LogP contribution in [0, 0.1) is 0 Å². The van der Waals surface area contributed by atoms with Gasteiger partial charge in [-0.05, 0) is 54.6 Å². The van der Waals surface area contributed by atoms with Gasteiger partial charge in [0.25, 0.3) is 0 Å². The molecule has 1 aromatic heterocycles. The van der Waals surface area contributed by atoms with E-state index in [1.807, 2.05) is 30.5 Å². The van der Waals surface area contributed by atoms with E-state index in [0.29, 0.717) is 5.75 Å². The van der Waals surface area contributed by atoms with Gasteiger partial charge in [-0.25, -0.2) is 0 Å². The number of hydrogen-bond acceptors (Lipinski definition) is 3. The molecule has 0 radical (unpaired) electrons. The number of halogens is 1. The van der Waals surface area contributed by atoms with Gasteiger partial charge in [-0.3, -0.25) is 4.98 Å². The molecule has 1 aliphatic heterocycles. The Bertz CT molecular complexity index is 688. The van der Waals surface area contributed by atoms with Crippen LogP contribution in [-0.2, 0) is 11.2 Å². The van der Waals surface area contributed by atoms with Crippen LogP contribution in [0.1, 0.15) is 17.5 Å². The van der Waals surface area contributed by atoms with Gasteiger partial charge in [-0.2, -0.15) is 0 Å². The molecule has 122 valence electrons. The lowest BCUT2D eigenvalue weighted by Crippen LogP contribution is -2.17. The number of pyridine rings is 1. The summed E-state index contributed by atoms with van der Waals surface area (Å²) in [6.07, 6.45) is 4.54. The highest BCUT2D eigenvalue weighted by atomic mass is 35.5. The van der Waals surface area contributed by atoms with E-state index in [9.17, 15) is 4.55 Å². The number of fused-ring (bicyclic) bond motifs is 1. The van der Waals surface area contributed by atoms with Crippen molar-refractivity contribution in [3.63, 3.8) is 0 Å². The quantitative estimate of drug-likeness (QED) is 0.798. The molecule has 0 spiro atoms. The van der Waals surface area contributed by atoms with E-state index in [0.717, 1.165) is 29.0 Å². The van der Waals surface area contributed by atoms with Crippen LogP contribution < -0.4 is 0 Å². The van der Waals surface area contributed by atoms with Gasteiger partial charge >= 0.3 is 0 Å². The van der Waals surface area contributed by atoms with Gasteiger partial charge in [0.15, 0.2) is 4.90 Å². The second-order valence-corrected chi connectivity index (χ2v) is 7.29. The average molecular weight is 349 g/mol. The van der Waals surface area contributed by atoms with Crippen LogP contribution in [0.4, 0.5) is 0 Å². The van der Waals surface area contributed by atoms with Gasteiger partial charge in [0.05, 0.1) is 0 Å². The van der Waals surface area contributed by atoms with E-state index in [-0.39, 0.29) is 12.4 Å². The fraction of sp³-hybridized carbons (Fsp3) is 0.278. The summed E-state index contributed by atoms with van der Waals surface area (Å²) in [5, 5.41) is 0. The summed E-state index contributed by atoms with van der Waals surface area (Å²) in [5.74, 6) is 0.684. The molecule has 23 heavy (non-hydrogen) atoms. The molecule has 0 saturated heterocycles. The molecule has 2 aromatic rings. The van der Waals surface area contributed by atoms with Crippen LogP contribution in [0.15, 0.2) is 59.3 Å². The van der Waals surface area contributed by atoms with Crippen LogP contribution >= 0.6 is 12.4 Å². The van der Waals surface area contributed by atoms with E-state index in [2.05, 4.69) is 36.1 Å². The Balaban J connectivity index is 0.00000192. The molecular formula is C18H21ClN2OS. The molecule has 0 aliphatic carbocycles. The van der Waals surface area contributed by atoms with Gasteiger partial charge in [0, 0.05) is 36.5 Å². The highest BCUT2D eigenvalue weighted by Crippen LogP contribution is 2.36. The molecule has 3 nitrogen and oxygen atoms in total. The molecule has 1 unspecified atom stereocenters. The third-order valence-corrected chi connectivity index (χ3v) is 5.22. The Kier molecular flexibility index (Phi) is 6.25. The Hall–Kier alpha value is -1.33. The molecule has 0 fully saturated rings. The van der Waals surface area contributed by atoms with Gasteiger partial charge in [-0.15, -0.1) is 12.4 Å². The van der Waals surface area contributed by atoms with Crippen LogP contribution in [0.2, 0.25) is 0 Å². The third-order valence-electron chi connectivity index (χ3n) is 3.80. The molecule has 1 aliphatic rings. The first kappa shape index (κ1) is 18.0. The summed E-state index contributed by atoms with van der Waals surface area (Å²) in [6.45, 7) is 0.871. The van der Waals surface area contributed by atoms with E-state index < -0.39 is 11.2 Å². The molecule has 0 N–H and O–H groups in total. The van der Waals surface area contributed by atoms with Crippen molar-refractivity contribution in [2.45, 2.75) is 11.3 Å². The summed E-state index contributed by atoms with van der Waals surface area (Å²) in [5.41, 5.74) is 4.72. The molecule has 0 amide bonds. The zero-order chi connectivity index (χ0) is 15.5. The van der Waals surface area contributed by atoms with Crippen LogP contribution in [0.25, 0.3) is 5.57 Å². The summed E-state index contributed by atoms with van der Waals surface area (Å²) in [7, 11) is 4.14. The van der Waals surface area contributed by atoms with E-state index >= 15 is 0 Å². The van der Waals surface area contributed by atoms with Crippen molar-refractivity contribution in [2.75, 3.05) is 26.4 Å². The standard InChI is InChI=1S/C18H20N2OS.ClH/c1-20(2)13-15-9-11-22(21)17-8-4-3-7-16(17)18(15)14-6-5-10-19-12-14;/h3-8,10,12H,9,11,13H2,1-2H3;1H. The molecule has 3 rings (SSSR count). The van der Waals surface area contributed by atoms with Crippen molar-refractivity contribution in [3.8, 4) is 0 Å². The van der Waals surface area contributed by atoms with Crippen molar-refractivity contribution in [2.24, 2.45) is 0 Å². The summed E-state index contributed by atoms with van der Waals surface area (Å²) >= 11 is -0.943. The van der Waals surface area contributed by atoms with E-state index in [4.69, 9.17) is 0 Å². The van der Waals surface area contributed by atoms with Gasteiger partial charge < -0.3 is 9.45 Å². The predicted octanol–water partition coefficient (Wildman–Crippen LogP) is 3.38. The van der Waals surface area contributed by atoms with E-state index in [1.54, 1.807) is 6.20 Å². The Morgan fingerprint density at radius 2 is 1.96 bits per heavy atom. The lowest BCUT2D eigenvalue weighted by atomic mass is 9.92. The summed E-state index contributed by atoms with van der Waals surface area (Å²) in [6, 6.07) is 12.1. The fourth-order valence-electron chi connectivity index (χ4n) is 2.92. The first-order valence-electron chi connectivity index (χ1n) is 7.41. The fourth-order valence-corrected chi connectivity index (χ4v) is 4.22. The summed E-state index contributed by atoms with van der Waals surface area (Å²) < 4.78 is 12.6. The highest BCUT2D eigenvalue weighted by Gasteiger charge is 2.26. The number of rotatable bonds is 3. The van der Waals surface area contributed by atoms with E-state index in [1.165, 1.54) is 11.1 Å². The van der Waals surface area contributed by atoms with Gasteiger partial charge in [0.2, 0.25) is 0 Å². The molecule has 1 atom stereocenters. The van der Waals surface area contributed by atoms with Crippen molar-refractivity contribution in [1.82, 2.24) is 9.88 Å². The predicted molar refractivity (Wildman–Crippen MR) is 98.4 cm³/mol. The lowest BCUT2D eigenvalue weighted by molar-refractivity contribution is 0.441. The first-order chi connectivity index (χ1) is 10.7. The van der Waals surface area contributed by atoms with Crippen LogP contribution in [0.5, 0.6) is 0 Å². The number of benzene rings is 1. The maximum atomic E-state index is 12.6. The Labute approximate surface area is 147 Å². The van der Waals surface area contributed by atoms with Gasteiger partial charge in [0.1, 0.15) is 5.75 Å². The monoisotopic (exact) mass is 348 g/mol.